The Morgan fingerprint density at radius 3 is 2.27 bits per heavy atom. The summed E-state index contributed by atoms with van der Waals surface area (Å²) in [6.45, 7) is -1.36. The topological polar surface area (TPSA) is 84.8 Å². The van der Waals surface area contributed by atoms with Gasteiger partial charge >= 0.3 is 18.0 Å². The molecule has 196 valence electrons. The summed E-state index contributed by atoms with van der Waals surface area (Å²) >= 11 is 5.87. The molecule has 0 radical (unpaired) electrons. The number of hydrogen-bond acceptors (Lipinski definition) is 5. The molecular formula is C23H18ClF6N5O2. The monoisotopic (exact) mass is 545 g/mol. The average Bonchev–Trinajstić information content (AvgIpc) is 3.38. The van der Waals surface area contributed by atoms with Gasteiger partial charge in [0.1, 0.15) is 0 Å². The van der Waals surface area contributed by atoms with Crippen molar-refractivity contribution in [3.8, 4) is 11.4 Å². The van der Waals surface area contributed by atoms with E-state index in [2.05, 4.69) is 15.3 Å². The van der Waals surface area contributed by atoms with E-state index < -0.39 is 36.3 Å². The zero-order chi connectivity index (χ0) is 27.0. The Hall–Kier alpha value is -3.45. The highest BCUT2D eigenvalue weighted by Crippen LogP contribution is 2.32. The van der Waals surface area contributed by atoms with Gasteiger partial charge in [-0.15, -0.1) is 5.10 Å². The lowest BCUT2D eigenvalue weighted by atomic mass is 9.99. The zero-order valence-electron chi connectivity index (χ0n) is 18.8. The van der Waals surface area contributed by atoms with Gasteiger partial charge in [-0.05, 0) is 35.9 Å². The number of halogens is 7. The van der Waals surface area contributed by atoms with Gasteiger partial charge in [-0.3, -0.25) is 4.57 Å². The fourth-order valence-corrected chi connectivity index (χ4v) is 3.90. The molecule has 1 N–H and O–H groups in total. The van der Waals surface area contributed by atoms with Crippen LogP contribution in [0.5, 0.6) is 0 Å². The summed E-state index contributed by atoms with van der Waals surface area (Å²) in [4.78, 5) is 12.9. The quantitative estimate of drug-likeness (QED) is 0.435. The molecule has 37 heavy (non-hydrogen) atoms. The van der Waals surface area contributed by atoms with Crippen LogP contribution >= 0.6 is 11.6 Å². The first-order valence-corrected chi connectivity index (χ1v) is 11.2. The van der Waals surface area contributed by atoms with Crippen LogP contribution in [0.4, 0.5) is 26.3 Å². The minimum atomic E-state index is -4.97. The summed E-state index contributed by atoms with van der Waals surface area (Å²) in [6.07, 6.45) is -12.4. The molecule has 0 unspecified atom stereocenters. The molecule has 3 aromatic rings. The third kappa shape index (κ3) is 6.10. The number of nitrogens with zero attached hydrogens (tertiary/aromatic N) is 5. The minimum Gasteiger partial charge on any atom is -0.382 e. The van der Waals surface area contributed by atoms with Gasteiger partial charge in [0.2, 0.25) is 0 Å². The van der Waals surface area contributed by atoms with Crippen molar-refractivity contribution in [3.05, 3.63) is 75.2 Å². The third-order valence-electron chi connectivity index (χ3n) is 5.55. The van der Waals surface area contributed by atoms with Crippen molar-refractivity contribution in [2.24, 2.45) is 10.2 Å². The number of alkyl halides is 6. The molecule has 0 fully saturated rings. The Morgan fingerprint density at radius 2 is 1.62 bits per heavy atom. The summed E-state index contributed by atoms with van der Waals surface area (Å²) in [7, 11) is 0. The maximum absolute atomic E-state index is 13.3. The highest BCUT2D eigenvalue weighted by atomic mass is 35.5. The second kappa shape index (κ2) is 10.1. The van der Waals surface area contributed by atoms with Crippen LogP contribution in [0.1, 0.15) is 17.5 Å². The zero-order valence-corrected chi connectivity index (χ0v) is 19.5. The lowest BCUT2D eigenvalue weighted by Gasteiger charge is -2.15. The van der Waals surface area contributed by atoms with Gasteiger partial charge in [-0.25, -0.2) is 9.48 Å². The average molecular weight is 546 g/mol. The fourth-order valence-electron chi connectivity index (χ4n) is 3.77. The van der Waals surface area contributed by atoms with E-state index in [4.69, 9.17) is 11.6 Å². The molecule has 1 atom stereocenters. The Balaban J connectivity index is 1.56. The van der Waals surface area contributed by atoms with Crippen molar-refractivity contribution < 1.29 is 31.4 Å². The van der Waals surface area contributed by atoms with Crippen LogP contribution in [0.15, 0.2) is 63.5 Å². The van der Waals surface area contributed by atoms with Gasteiger partial charge in [-0.2, -0.15) is 36.5 Å². The van der Waals surface area contributed by atoms with Crippen LogP contribution in [-0.2, 0) is 25.7 Å². The molecular weight excluding hydrogens is 528 g/mol. The van der Waals surface area contributed by atoms with Crippen LogP contribution in [0, 0.1) is 0 Å². The first-order valence-electron chi connectivity index (χ1n) is 10.8. The van der Waals surface area contributed by atoms with Crippen molar-refractivity contribution in [3.63, 3.8) is 0 Å². The molecule has 1 aliphatic rings. The highest BCUT2D eigenvalue weighted by molar-refractivity contribution is 6.30. The fraction of sp³-hybridized carbons (Fsp3) is 0.304. The van der Waals surface area contributed by atoms with Crippen LogP contribution in [0.25, 0.3) is 11.4 Å². The second-order valence-corrected chi connectivity index (χ2v) is 8.72. The van der Waals surface area contributed by atoms with Crippen molar-refractivity contribution in [1.82, 2.24) is 14.3 Å². The van der Waals surface area contributed by atoms with Crippen molar-refractivity contribution in [2.45, 2.75) is 44.4 Å². The van der Waals surface area contributed by atoms with E-state index in [0.717, 1.165) is 10.7 Å². The molecule has 0 amide bonds. The molecule has 0 aliphatic carbocycles. The largest absolute Gasteiger partial charge is 0.416 e. The molecule has 1 aliphatic heterocycles. The number of aliphatic hydroxyl groups is 1. The Labute approximate surface area is 210 Å². The van der Waals surface area contributed by atoms with Gasteiger partial charge < -0.3 is 5.11 Å². The molecule has 1 aromatic heterocycles. The second-order valence-electron chi connectivity index (χ2n) is 8.28. The van der Waals surface area contributed by atoms with Crippen molar-refractivity contribution in [1.29, 1.82) is 0 Å². The molecule has 0 saturated carbocycles. The lowest BCUT2D eigenvalue weighted by Crippen LogP contribution is -2.37. The highest BCUT2D eigenvalue weighted by Gasteiger charge is 2.39. The van der Waals surface area contributed by atoms with E-state index in [9.17, 15) is 36.2 Å². The van der Waals surface area contributed by atoms with E-state index in [1.165, 1.54) is 42.5 Å². The Bertz CT molecular complexity index is 1410. The molecule has 0 bridgehead atoms. The number of hydrogen-bond donors (Lipinski definition) is 1. The number of rotatable bonds is 7. The van der Waals surface area contributed by atoms with Crippen LogP contribution in [0.2, 0.25) is 5.02 Å². The number of aromatic nitrogens is 3. The third-order valence-corrected chi connectivity index (χ3v) is 5.80. The molecule has 4 rings (SSSR count). The minimum absolute atomic E-state index is 0.0119. The van der Waals surface area contributed by atoms with Crippen molar-refractivity contribution >= 4 is 23.0 Å². The molecule has 7 nitrogen and oxygen atoms in total. The molecule has 2 aromatic carbocycles. The van der Waals surface area contributed by atoms with E-state index in [0.29, 0.717) is 15.3 Å². The Morgan fingerprint density at radius 1 is 0.973 bits per heavy atom. The standard InChI is InChI=1S/C23H18ClF6N5O2/c24-15-7-5-13(6-8-15)20-33-35(21(37)34(20)12-19(36)23(28,29)30)11-17-10-16(31-32-17)9-14-3-1-2-4-18(14)22(25,26)27/h1-8,19,36H,9-12H2/t19-/m0/s1. The lowest BCUT2D eigenvalue weighted by molar-refractivity contribution is -0.207. The van der Waals surface area contributed by atoms with E-state index in [1.54, 1.807) is 0 Å². The molecule has 2 heterocycles. The Kier molecular flexibility index (Phi) is 7.29. The van der Waals surface area contributed by atoms with Crippen LogP contribution < -0.4 is 5.69 Å². The van der Waals surface area contributed by atoms with E-state index in [1.807, 2.05) is 0 Å². The normalized spacial score (nSPS) is 15.0. The summed E-state index contributed by atoms with van der Waals surface area (Å²) in [6, 6.07) is 10.9. The SMILES string of the molecule is O=c1n(CC2=NN=C(Cc3ccccc3C(F)(F)F)C2)nc(-c2ccc(Cl)cc2)n1C[C@H](O)C(F)(F)F. The summed E-state index contributed by atoms with van der Waals surface area (Å²) in [5.74, 6) is -0.135. The molecule has 14 heteroatoms. The molecule has 0 saturated heterocycles. The first kappa shape index (κ1) is 26.6. The van der Waals surface area contributed by atoms with Gasteiger partial charge in [-0.1, -0.05) is 29.8 Å². The van der Waals surface area contributed by atoms with E-state index >= 15 is 0 Å². The van der Waals surface area contributed by atoms with Gasteiger partial charge in [0, 0.05) is 23.4 Å². The number of aliphatic hydroxyl groups excluding tert-OH is 1. The number of benzene rings is 2. The summed E-state index contributed by atoms with van der Waals surface area (Å²) in [5, 5.41) is 21.9. The maximum Gasteiger partial charge on any atom is 0.416 e. The van der Waals surface area contributed by atoms with Gasteiger partial charge in [0.05, 0.1) is 30.1 Å². The predicted octanol–water partition coefficient (Wildman–Crippen LogP) is 4.75. The predicted molar refractivity (Wildman–Crippen MR) is 124 cm³/mol. The van der Waals surface area contributed by atoms with Gasteiger partial charge in [0.15, 0.2) is 11.9 Å². The van der Waals surface area contributed by atoms with Crippen molar-refractivity contribution in [2.75, 3.05) is 0 Å². The van der Waals surface area contributed by atoms with Gasteiger partial charge in [0.25, 0.3) is 0 Å². The smallest absolute Gasteiger partial charge is 0.382 e. The maximum atomic E-state index is 13.3. The molecule has 0 spiro atoms. The first-order chi connectivity index (χ1) is 17.3. The van der Waals surface area contributed by atoms with Crippen LogP contribution in [-0.4, -0.2) is 43.2 Å². The van der Waals surface area contributed by atoms with E-state index in [-0.39, 0.29) is 42.0 Å². The summed E-state index contributed by atoms with van der Waals surface area (Å²) < 4.78 is 80.4. The summed E-state index contributed by atoms with van der Waals surface area (Å²) in [5.41, 5.74) is -0.833. The van der Waals surface area contributed by atoms with Crippen LogP contribution in [0.3, 0.4) is 0 Å².